The Labute approximate surface area is 160 Å². The van der Waals surface area contributed by atoms with E-state index in [1.165, 1.54) is 41.4 Å². The number of hydrogen-bond donors (Lipinski definition) is 1. The molecule has 1 aromatic carbocycles. The molecule has 0 spiro atoms. The summed E-state index contributed by atoms with van der Waals surface area (Å²) in [5.74, 6) is 0.783. The minimum atomic E-state index is -0.113. The van der Waals surface area contributed by atoms with Crippen LogP contribution in [0, 0.1) is 5.41 Å². The molecule has 2 aliphatic heterocycles. The van der Waals surface area contributed by atoms with Gasteiger partial charge in [-0.2, -0.15) is 0 Å². The minimum Gasteiger partial charge on any atom is -0.497 e. The normalized spacial score (nSPS) is 21.7. The second-order valence-corrected chi connectivity index (χ2v) is 7.79. The summed E-state index contributed by atoms with van der Waals surface area (Å²) in [4.78, 5) is 15.6. The molecule has 27 heavy (non-hydrogen) atoms. The molecule has 0 saturated heterocycles. The summed E-state index contributed by atoms with van der Waals surface area (Å²) in [5, 5.41) is 1.26. The molecule has 1 atom stereocenters. The standard InChI is InChI=1S/C22H28N2O3/c1-4-22(11-8-19(25)27-3)10-5-12-24-13-9-16-17-14-15(26-2)6-7-18(17)23-20(16)21(22)24/h6-7,14H,4-5,8-13H2,1-3H3/p+1. The molecule has 0 saturated carbocycles. The van der Waals surface area contributed by atoms with Crippen molar-refractivity contribution < 1.29 is 18.8 Å². The van der Waals surface area contributed by atoms with E-state index in [9.17, 15) is 4.79 Å². The summed E-state index contributed by atoms with van der Waals surface area (Å²) in [7, 11) is 3.19. The van der Waals surface area contributed by atoms with E-state index in [1.54, 1.807) is 7.11 Å². The fourth-order valence-electron chi connectivity index (χ4n) is 5.09. The van der Waals surface area contributed by atoms with E-state index in [2.05, 4.69) is 28.6 Å². The molecular weight excluding hydrogens is 340 g/mol. The monoisotopic (exact) mass is 369 g/mol. The molecule has 2 aromatic rings. The first kappa shape index (κ1) is 18.1. The zero-order valence-corrected chi connectivity index (χ0v) is 16.6. The van der Waals surface area contributed by atoms with Gasteiger partial charge in [-0.1, -0.05) is 6.92 Å². The second kappa shape index (κ2) is 7.02. The van der Waals surface area contributed by atoms with E-state index in [-0.39, 0.29) is 11.4 Å². The van der Waals surface area contributed by atoms with E-state index in [0.717, 1.165) is 44.5 Å². The van der Waals surface area contributed by atoms with Gasteiger partial charge in [0.25, 0.3) is 0 Å². The zero-order chi connectivity index (χ0) is 19.0. The topological polar surface area (TPSA) is 54.3 Å². The van der Waals surface area contributed by atoms with Gasteiger partial charge in [-0.15, -0.1) is 0 Å². The highest BCUT2D eigenvalue weighted by atomic mass is 16.5. The fourth-order valence-corrected chi connectivity index (χ4v) is 5.09. The van der Waals surface area contributed by atoms with Crippen molar-refractivity contribution in [1.29, 1.82) is 0 Å². The summed E-state index contributed by atoms with van der Waals surface area (Å²) in [6.45, 7) is 4.41. The predicted octanol–water partition coefficient (Wildman–Crippen LogP) is 3.68. The number of aromatic amines is 1. The van der Waals surface area contributed by atoms with E-state index in [0.29, 0.717) is 6.42 Å². The Morgan fingerprint density at radius 3 is 2.89 bits per heavy atom. The van der Waals surface area contributed by atoms with Gasteiger partial charge in [0, 0.05) is 30.2 Å². The molecule has 1 N–H and O–H groups in total. The summed E-state index contributed by atoms with van der Waals surface area (Å²) >= 11 is 0. The molecule has 1 aromatic heterocycles. The molecule has 3 heterocycles. The Kier molecular flexibility index (Phi) is 4.70. The van der Waals surface area contributed by atoms with Crippen LogP contribution in [0.15, 0.2) is 18.2 Å². The van der Waals surface area contributed by atoms with Crippen molar-refractivity contribution >= 4 is 22.6 Å². The number of nitrogens with zero attached hydrogens (tertiary/aromatic N) is 1. The summed E-state index contributed by atoms with van der Waals surface area (Å²) in [5.41, 5.74) is 5.28. The number of nitrogens with one attached hydrogen (secondary N) is 1. The van der Waals surface area contributed by atoms with Crippen LogP contribution in [0.4, 0.5) is 0 Å². The lowest BCUT2D eigenvalue weighted by molar-refractivity contribution is -0.538. The number of hydrogen-bond acceptors (Lipinski definition) is 3. The second-order valence-electron chi connectivity index (χ2n) is 7.79. The van der Waals surface area contributed by atoms with Gasteiger partial charge in [0.15, 0.2) is 0 Å². The highest BCUT2D eigenvalue weighted by Gasteiger charge is 2.47. The molecule has 5 heteroatoms. The molecule has 2 aliphatic rings. The largest absolute Gasteiger partial charge is 0.497 e. The number of benzene rings is 1. The summed E-state index contributed by atoms with van der Waals surface area (Å²) in [6.07, 6.45) is 5.72. The quantitative estimate of drug-likeness (QED) is 0.646. The number of carbonyl (C=O) groups excluding carboxylic acids is 1. The average molecular weight is 369 g/mol. The van der Waals surface area contributed by atoms with E-state index < -0.39 is 0 Å². The lowest BCUT2D eigenvalue weighted by Gasteiger charge is -2.37. The van der Waals surface area contributed by atoms with Crippen LogP contribution in [-0.2, 0) is 16.0 Å². The zero-order valence-electron chi connectivity index (χ0n) is 16.6. The fraction of sp³-hybridized carbons (Fsp3) is 0.545. The number of aromatic nitrogens is 1. The predicted molar refractivity (Wildman–Crippen MR) is 106 cm³/mol. The molecule has 0 bridgehead atoms. The van der Waals surface area contributed by atoms with Crippen molar-refractivity contribution in [2.24, 2.45) is 5.41 Å². The van der Waals surface area contributed by atoms with Crippen LogP contribution < -0.4 is 4.74 Å². The maximum Gasteiger partial charge on any atom is 0.305 e. The molecule has 0 amide bonds. The molecule has 1 unspecified atom stereocenters. The van der Waals surface area contributed by atoms with Crippen LogP contribution in [-0.4, -0.2) is 48.5 Å². The van der Waals surface area contributed by atoms with Gasteiger partial charge in [-0.25, -0.2) is 4.58 Å². The van der Waals surface area contributed by atoms with Crippen molar-refractivity contribution in [1.82, 2.24) is 4.98 Å². The van der Waals surface area contributed by atoms with Gasteiger partial charge in [-0.3, -0.25) is 4.79 Å². The number of ether oxygens (including phenoxy) is 2. The first-order valence-corrected chi connectivity index (χ1v) is 10.00. The van der Waals surface area contributed by atoms with Crippen molar-refractivity contribution in [3.05, 3.63) is 29.5 Å². The molecule has 0 radical (unpaired) electrons. The van der Waals surface area contributed by atoms with E-state index in [1.807, 2.05) is 6.07 Å². The molecule has 4 rings (SSSR count). The van der Waals surface area contributed by atoms with Crippen molar-refractivity contribution in [3.63, 3.8) is 0 Å². The van der Waals surface area contributed by atoms with Crippen molar-refractivity contribution in [2.45, 2.75) is 45.4 Å². The van der Waals surface area contributed by atoms with Gasteiger partial charge in [-0.05, 0) is 43.0 Å². The lowest BCUT2D eigenvalue weighted by Crippen LogP contribution is -2.46. The number of carbonyl (C=O) groups is 1. The maximum atomic E-state index is 11.9. The smallest absolute Gasteiger partial charge is 0.305 e. The molecule has 0 aliphatic carbocycles. The van der Waals surface area contributed by atoms with E-state index in [4.69, 9.17) is 9.47 Å². The Balaban J connectivity index is 1.83. The minimum absolute atomic E-state index is 0.0343. The van der Waals surface area contributed by atoms with Gasteiger partial charge >= 0.3 is 5.97 Å². The highest BCUT2D eigenvalue weighted by molar-refractivity contribution is 6.06. The van der Waals surface area contributed by atoms with Crippen LogP contribution in [0.5, 0.6) is 5.75 Å². The Morgan fingerprint density at radius 2 is 2.15 bits per heavy atom. The first-order valence-electron chi connectivity index (χ1n) is 10.00. The number of H-pyrrole nitrogens is 1. The third-order valence-corrected chi connectivity index (χ3v) is 6.60. The number of fused-ring (bicyclic) bond motifs is 4. The van der Waals surface area contributed by atoms with Crippen LogP contribution in [0.25, 0.3) is 10.9 Å². The highest BCUT2D eigenvalue weighted by Crippen LogP contribution is 2.43. The maximum absolute atomic E-state index is 11.9. The average Bonchev–Trinajstić information content (AvgIpc) is 3.09. The van der Waals surface area contributed by atoms with E-state index >= 15 is 0 Å². The van der Waals surface area contributed by atoms with Crippen LogP contribution in [0.1, 0.15) is 50.3 Å². The van der Waals surface area contributed by atoms with Crippen LogP contribution in [0.3, 0.4) is 0 Å². The SMILES string of the molecule is CCC1(CCC(=O)OC)CCC[N+]2=C1c1[nH]c3ccc(OC)cc3c1CC2. The van der Waals surface area contributed by atoms with Gasteiger partial charge in [0.2, 0.25) is 5.71 Å². The Hall–Kier alpha value is -2.30. The third kappa shape index (κ3) is 2.93. The Morgan fingerprint density at radius 1 is 1.30 bits per heavy atom. The van der Waals surface area contributed by atoms with Crippen LogP contribution >= 0.6 is 0 Å². The number of esters is 1. The van der Waals surface area contributed by atoms with Crippen molar-refractivity contribution in [2.75, 3.05) is 27.3 Å². The third-order valence-electron chi connectivity index (χ3n) is 6.60. The first-order chi connectivity index (χ1) is 13.1. The molecule has 0 fully saturated rings. The number of rotatable bonds is 5. The number of methoxy groups -OCH3 is 2. The van der Waals surface area contributed by atoms with Gasteiger partial charge < -0.3 is 14.5 Å². The molecular formula is C22H29N2O3+. The summed E-state index contributed by atoms with van der Waals surface area (Å²) in [6, 6.07) is 6.27. The van der Waals surface area contributed by atoms with Gasteiger partial charge in [0.1, 0.15) is 24.5 Å². The van der Waals surface area contributed by atoms with Gasteiger partial charge in [0.05, 0.1) is 19.6 Å². The molecule has 5 nitrogen and oxygen atoms in total. The Bertz CT molecular complexity index is 912. The lowest BCUT2D eigenvalue weighted by atomic mass is 9.68. The summed E-state index contributed by atoms with van der Waals surface area (Å²) < 4.78 is 12.9. The van der Waals surface area contributed by atoms with Crippen molar-refractivity contribution in [3.8, 4) is 5.75 Å². The molecule has 144 valence electrons. The van der Waals surface area contributed by atoms with Crippen LogP contribution in [0.2, 0.25) is 0 Å².